The van der Waals surface area contributed by atoms with Gasteiger partial charge in [-0.15, -0.1) is 0 Å². The summed E-state index contributed by atoms with van der Waals surface area (Å²) >= 11 is 0. The number of aliphatic carboxylic acids is 1. The quantitative estimate of drug-likeness (QED) is 0.853. The Morgan fingerprint density at radius 1 is 1.05 bits per heavy atom. The highest BCUT2D eigenvalue weighted by Crippen LogP contribution is 2.32. The van der Waals surface area contributed by atoms with Gasteiger partial charge in [-0.1, -0.05) is 0 Å². The van der Waals surface area contributed by atoms with Crippen LogP contribution in [0.3, 0.4) is 0 Å². The van der Waals surface area contributed by atoms with Crippen LogP contribution in [0.1, 0.15) is 46.0 Å². The van der Waals surface area contributed by atoms with Gasteiger partial charge < -0.3 is 10.0 Å². The summed E-state index contributed by atoms with van der Waals surface area (Å²) < 4.78 is 0. The van der Waals surface area contributed by atoms with Crippen LogP contribution < -0.4 is 0 Å². The van der Waals surface area contributed by atoms with E-state index < -0.39 is 11.4 Å². The topological polar surface area (TPSA) is 60.9 Å². The molecule has 0 aliphatic carbocycles. The lowest BCUT2D eigenvalue weighted by molar-refractivity contribution is -0.151. The molecule has 2 heterocycles. The molecule has 0 aromatic heterocycles. The van der Waals surface area contributed by atoms with Gasteiger partial charge in [0.2, 0.25) is 5.91 Å². The minimum Gasteiger partial charge on any atom is -0.481 e. The maximum Gasteiger partial charge on any atom is 0.309 e. The molecule has 2 aliphatic heterocycles. The van der Waals surface area contributed by atoms with E-state index in [1.807, 2.05) is 18.7 Å². The number of hydrogen-bond acceptors (Lipinski definition) is 3. The van der Waals surface area contributed by atoms with E-state index in [2.05, 4.69) is 4.90 Å². The molecule has 0 bridgehead atoms. The molecule has 0 saturated carbocycles. The fraction of sp³-hybridized carbons (Fsp3) is 0.867. The molecule has 0 spiro atoms. The van der Waals surface area contributed by atoms with Gasteiger partial charge >= 0.3 is 5.97 Å². The Balaban J connectivity index is 1.89. The molecule has 20 heavy (non-hydrogen) atoms. The maximum absolute atomic E-state index is 12.5. The maximum atomic E-state index is 12.5. The molecule has 1 N–H and O–H groups in total. The Labute approximate surface area is 120 Å². The van der Waals surface area contributed by atoms with Crippen LogP contribution in [0, 0.1) is 5.41 Å². The number of piperidine rings is 2. The van der Waals surface area contributed by atoms with Crippen molar-refractivity contribution in [2.45, 2.75) is 52.0 Å². The highest BCUT2D eigenvalue weighted by atomic mass is 16.4. The molecule has 1 atom stereocenters. The van der Waals surface area contributed by atoms with E-state index in [4.69, 9.17) is 0 Å². The average molecular weight is 282 g/mol. The molecule has 0 aromatic carbocycles. The number of amides is 1. The predicted molar refractivity (Wildman–Crippen MR) is 76.4 cm³/mol. The van der Waals surface area contributed by atoms with Crippen molar-refractivity contribution in [3.63, 3.8) is 0 Å². The summed E-state index contributed by atoms with van der Waals surface area (Å²) in [4.78, 5) is 27.8. The largest absolute Gasteiger partial charge is 0.481 e. The third kappa shape index (κ3) is 3.14. The summed E-state index contributed by atoms with van der Waals surface area (Å²) in [6, 6.07) is -0.119. The monoisotopic (exact) mass is 282 g/mol. The van der Waals surface area contributed by atoms with Gasteiger partial charge in [-0.05, 0) is 59.0 Å². The molecule has 114 valence electrons. The number of rotatable bonds is 3. The Hall–Kier alpha value is -1.10. The number of carboxylic acid groups (broad SMARTS) is 1. The van der Waals surface area contributed by atoms with Gasteiger partial charge in [0.05, 0.1) is 11.5 Å². The van der Waals surface area contributed by atoms with Crippen molar-refractivity contribution < 1.29 is 14.7 Å². The normalized spacial score (nSPS) is 25.2. The first-order valence-corrected chi connectivity index (χ1v) is 7.70. The fourth-order valence-corrected chi connectivity index (χ4v) is 3.15. The summed E-state index contributed by atoms with van der Waals surface area (Å²) in [7, 11) is 0. The molecule has 2 saturated heterocycles. The van der Waals surface area contributed by atoms with Crippen LogP contribution in [-0.4, -0.2) is 59.0 Å². The Kier molecular flexibility index (Phi) is 4.68. The first-order valence-electron chi connectivity index (χ1n) is 7.70. The molecular weight excluding hydrogens is 256 g/mol. The molecule has 1 unspecified atom stereocenters. The molecule has 5 nitrogen and oxygen atoms in total. The van der Waals surface area contributed by atoms with Crippen LogP contribution in [0.2, 0.25) is 0 Å². The van der Waals surface area contributed by atoms with E-state index in [0.29, 0.717) is 25.9 Å². The van der Waals surface area contributed by atoms with E-state index in [1.54, 1.807) is 0 Å². The van der Waals surface area contributed by atoms with Crippen molar-refractivity contribution in [3.05, 3.63) is 0 Å². The number of carboxylic acids is 1. The van der Waals surface area contributed by atoms with Crippen molar-refractivity contribution in [3.8, 4) is 0 Å². The molecule has 2 aliphatic rings. The second-order valence-electron chi connectivity index (χ2n) is 6.46. The lowest BCUT2D eigenvalue weighted by Crippen LogP contribution is -2.52. The van der Waals surface area contributed by atoms with Gasteiger partial charge in [-0.3, -0.25) is 14.5 Å². The van der Waals surface area contributed by atoms with E-state index >= 15 is 0 Å². The van der Waals surface area contributed by atoms with Crippen molar-refractivity contribution in [2.24, 2.45) is 5.41 Å². The number of carbonyl (C=O) groups is 2. The van der Waals surface area contributed by atoms with Crippen LogP contribution in [-0.2, 0) is 9.59 Å². The standard InChI is InChI=1S/C15H26N2O3/c1-12(13(18)17-8-4-3-5-9-17)16-10-6-15(2,7-11-16)14(19)20/h12H,3-11H2,1-2H3,(H,19,20). The molecular formula is C15H26N2O3. The van der Waals surface area contributed by atoms with Crippen molar-refractivity contribution in [1.82, 2.24) is 9.80 Å². The van der Waals surface area contributed by atoms with Gasteiger partial charge in [0.1, 0.15) is 0 Å². The molecule has 2 fully saturated rings. The summed E-state index contributed by atoms with van der Waals surface area (Å²) in [5, 5.41) is 9.24. The lowest BCUT2D eigenvalue weighted by Gasteiger charge is -2.40. The zero-order valence-electron chi connectivity index (χ0n) is 12.6. The highest BCUT2D eigenvalue weighted by molar-refractivity contribution is 5.81. The van der Waals surface area contributed by atoms with Crippen LogP contribution in [0.4, 0.5) is 0 Å². The van der Waals surface area contributed by atoms with E-state index in [1.165, 1.54) is 6.42 Å². The second-order valence-corrected chi connectivity index (χ2v) is 6.46. The summed E-state index contributed by atoms with van der Waals surface area (Å²) in [5.41, 5.74) is -0.621. The molecule has 0 radical (unpaired) electrons. The van der Waals surface area contributed by atoms with Crippen molar-refractivity contribution >= 4 is 11.9 Å². The SMILES string of the molecule is CC(C(=O)N1CCCCC1)N1CCC(C)(C(=O)O)CC1. The van der Waals surface area contributed by atoms with Gasteiger partial charge in [-0.25, -0.2) is 0 Å². The smallest absolute Gasteiger partial charge is 0.309 e. The first-order chi connectivity index (χ1) is 9.44. The summed E-state index contributed by atoms with van der Waals surface area (Å²) in [6.07, 6.45) is 4.68. The Bertz CT molecular complexity index is 369. The van der Waals surface area contributed by atoms with E-state index in [0.717, 1.165) is 25.9 Å². The van der Waals surface area contributed by atoms with E-state index in [9.17, 15) is 14.7 Å². The lowest BCUT2D eigenvalue weighted by atomic mass is 9.80. The minimum absolute atomic E-state index is 0.119. The van der Waals surface area contributed by atoms with Gasteiger partial charge in [0.15, 0.2) is 0 Å². The highest BCUT2D eigenvalue weighted by Gasteiger charge is 2.39. The average Bonchev–Trinajstić information content (AvgIpc) is 2.47. The van der Waals surface area contributed by atoms with Crippen molar-refractivity contribution in [2.75, 3.05) is 26.2 Å². The number of hydrogen-bond donors (Lipinski definition) is 1. The number of nitrogens with zero attached hydrogens (tertiary/aromatic N) is 2. The zero-order valence-corrected chi connectivity index (χ0v) is 12.6. The third-order valence-electron chi connectivity index (χ3n) is 4.99. The minimum atomic E-state index is -0.716. The van der Waals surface area contributed by atoms with Gasteiger partial charge in [-0.2, -0.15) is 0 Å². The summed E-state index contributed by atoms with van der Waals surface area (Å²) in [6.45, 7) is 6.92. The predicted octanol–water partition coefficient (Wildman–Crippen LogP) is 1.57. The van der Waals surface area contributed by atoms with Crippen LogP contribution in [0.5, 0.6) is 0 Å². The molecule has 2 rings (SSSR count). The number of carbonyl (C=O) groups excluding carboxylic acids is 1. The van der Waals surface area contributed by atoms with Crippen LogP contribution >= 0.6 is 0 Å². The van der Waals surface area contributed by atoms with Gasteiger partial charge in [0.25, 0.3) is 0 Å². The molecule has 5 heteroatoms. The van der Waals surface area contributed by atoms with Crippen molar-refractivity contribution in [1.29, 1.82) is 0 Å². The van der Waals surface area contributed by atoms with Gasteiger partial charge in [0, 0.05) is 13.1 Å². The first kappa shape index (κ1) is 15.3. The summed E-state index contributed by atoms with van der Waals surface area (Å²) in [5.74, 6) is -0.504. The molecule has 1 amide bonds. The van der Waals surface area contributed by atoms with Crippen LogP contribution in [0.15, 0.2) is 0 Å². The van der Waals surface area contributed by atoms with Crippen LogP contribution in [0.25, 0.3) is 0 Å². The number of likely N-dealkylation sites (tertiary alicyclic amines) is 2. The third-order valence-corrected chi connectivity index (χ3v) is 4.99. The molecule has 0 aromatic rings. The zero-order chi connectivity index (χ0) is 14.8. The van der Waals surface area contributed by atoms with E-state index in [-0.39, 0.29) is 11.9 Å². The second kappa shape index (κ2) is 6.12. The Morgan fingerprint density at radius 3 is 2.10 bits per heavy atom. The Morgan fingerprint density at radius 2 is 1.60 bits per heavy atom. The fourth-order valence-electron chi connectivity index (χ4n) is 3.15.